The number of hydrogen-bond acceptors (Lipinski definition) is 4. The van der Waals surface area contributed by atoms with Gasteiger partial charge in [0.15, 0.2) is 5.84 Å². The summed E-state index contributed by atoms with van der Waals surface area (Å²) in [5, 5.41) is 11.8. The van der Waals surface area contributed by atoms with Crippen LogP contribution in [0.5, 0.6) is 5.88 Å². The highest BCUT2D eigenvalue weighted by Gasteiger charge is 2.12. The minimum Gasteiger partial charge on any atom is -0.477 e. The zero-order chi connectivity index (χ0) is 14.8. The second-order valence-electron chi connectivity index (χ2n) is 4.91. The molecule has 0 aliphatic rings. The summed E-state index contributed by atoms with van der Waals surface area (Å²) in [6.45, 7) is 4.70. The summed E-state index contributed by atoms with van der Waals surface area (Å²) in [5.41, 5.74) is 7.11. The maximum absolute atomic E-state index is 8.81. The van der Waals surface area contributed by atoms with Crippen molar-refractivity contribution in [3.63, 3.8) is 0 Å². The number of ether oxygens (including phenoxy) is 1. The van der Waals surface area contributed by atoms with Crippen molar-refractivity contribution in [2.45, 2.75) is 52.4 Å². The fourth-order valence-electron chi connectivity index (χ4n) is 2.06. The molecule has 0 atom stereocenters. The van der Waals surface area contributed by atoms with Crippen molar-refractivity contribution in [3.8, 4) is 5.88 Å². The lowest BCUT2D eigenvalue weighted by molar-refractivity contribution is 0.291. The number of amidine groups is 1. The number of aromatic nitrogens is 1. The minimum absolute atomic E-state index is 0.0357. The summed E-state index contributed by atoms with van der Waals surface area (Å²) in [6, 6.07) is 1.81. The first-order valence-corrected chi connectivity index (χ1v) is 7.27. The fraction of sp³-hybridized carbons (Fsp3) is 0.600. The lowest BCUT2D eigenvalue weighted by Gasteiger charge is -2.11. The van der Waals surface area contributed by atoms with Crippen LogP contribution in [0.25, 0.3) is 0 Å². The summed E-state index contributed by atoms with van der Waals surface area (Å²) < 4.78 is 5.66. The summed E-state index contributed by atoms with van der Waals surface area (Å²) in [6.07, 6.45) is 8.90. The van der Waals surface area contributed by atoms with E-state index in [2.05, 4.69) is 17.1 Å². The van der Waals surface area contributed by atoms with Crippen LogP contribution in [0, 0.1) is 6.92 Å². The average molecular weight is 279 g/mol. The van der Waals surface area contributed by atoms with Crippen LogP contribution in [0.15, 0.2) is 17.4 Å². The van der Waals surface area contributed by atoms with Gasteiger partial charge in [-0.3, -0.25) is 0 Å². The van der Waals surface area contributed by atoms with E-state index in [0.29, 0.717) is 18.1 Å². The quantitative estimate of drug-likeness (QED) is 0.239. The molecule has 0 unspecified atom stereocenters. The van der Waals surface area contributed by atoms with Crippen molar-refractivity contribution in [2.24, 2.45) is 10.9 Å². The van der Waals surface area contributed by atoms with Crippen molar-refractivity contribution in [1.82, 2.24) is 4.98 Å². The van der Waals surface area contributed by atoms with Gasteiger partial charge in [0.1, 0.15) is 0 Å². The molecule has 0 saturated carbocycles. The van der Waals surface area contributed by atoms with Gasteiger partial charge in [-0.05, 0) is 25.0 Å². The van der Waals surface area contributed by atoms with Crippen LogP contribution in [0.2, 0.25) is 0 Å². The number of rotatable bonds is 9. The number of aryl methyl sites for hydroxylation is 1. The molecule has 0 bridgehead atoms. The summed E-state index contributed by atoms with van der Waals surface area (Å²) >= 11 is 0. The van der Waals surface area contributed by atoms with Crippen molar-refractivity contribution in [1.29, 1.82) is 0 Å². The maximum Gasteiger partial charge on any atom is 0.224 e. The maximum atomic E-state index is 8.81. The SMILES string of the molecule is CCCCCCCCOc1nccc(C)c1/C(N)=N/O. The molecule has 0 aliphatic carbocycles. The van der Waals surface area contributed by atoms with E-state index in [0.717, 1.165) is 18.4 Å². The third-order valence-corrected chi connectivity index (χ3v) is 3.23. The van der Waals surface area contributed by atoms with Crippen molar-refractivity contribution < 1.29 is 9.94 Å². The molecule has 0 aliphatic heterocycles. The molecule has 5 heteroatoms. The van der Waals surface area contributed by atoms with Gasteiger partial charge in [0, 0.05) is 6.20 Å². The number of nitrogens with zero attached hydrogens (tertiary/aromatic N) is 2. The number of hydrogen-bond donors (Lipinski definition) is 2. The summed E-state index contributed by atoms with van der Waals surface area (Å²) in [5.74, 6) is 0.474. The Morgan fingerprint density at radius 2 is 2.00 bits per heavy atom. The highest BCUT2D eigenvalue weighted by Crippen LogP contribution is 2.19. The Bertz CT molecular complexity index is 433. The zero-order valence-corrected chi connectivity index (χ0v) is 12.4. The molecular weight excluding hydrogens is 254 g/mol. The number of unbranched alkanes of at least 4 members (excludes halogenated alkanes) is 5. The Hall–Kier alpha value is -1.78. The van der Waals surface area contributed by atoms with Crippen LogP contribution in [-0.2, 0) is 0 Å². The van der Waals surface area contributed by atoms with E-state index in [-0.39, 0.29) is 5.84 Å². The van der Waals surface area contributed by atoms with Crippen molar-refractivity contribution >= 4 is 5.84 Å². The Labute approximate surface area is 120 Å². The van der Waals surface area contributed by atoms with Crippen LogP contribution in [0.3, 0.4) is 0 Å². The molecule has 20 heavy (non-hydrogen) atoms. The molecule has 3 N–H and O–H groups in total. The van der Waals surface area contributed by atoms with E-state index in [1.54, 1.807) is 6.20 Å². The van der Waals surface area contributed by atoms with Gasteiger partial charge >= 0.3 is 0 Å². The molecule has 0 radical (unpaired) electrons. The normalized spacial score (nSPS) is 11.6. The smallest absolute Gasteiger partial charge is 0.224 e. The predicted molar refractivity (Wildman–Crippen MR) is 80.4 cm³/mol. The van der Waals surface area contributed by atoms with Gasteiger partial charge in [0.05, 0.1) is 12.2 Å². The molecule has 0 amide bonds. The highest BCUT2D eigenvalue weighted by molar-refractivity contribution is 6.00. The largest absolute Gasteiger partial charge is 0.477 e. The van der Waals surface area contributed by atoms with E-state index in [9.17, 15) is 0 Å². The van der Waals surface area contributed by atoms with Crippen LogP contribution in [0.1, 0.15) is 56.6 Å². The summed E-state index contributed by atoms with van der Waals surface area (Å²) in [7, 11) is 0. The first-order valence-electron chi connectivity index (χ1n) is 7.27. The molecule has 1 aromatic rings. The minimum atomic E-state index is 0.0357. The van der Waals surface area contributed by atoms with Crippen LogP contribution < -0.4 is 10.5 Å². The lowest BCUT2D eigenvalue weighted by Crippen LogP contribution is -2.17. The Balaban J connectivity index is 2.46. The standard InChI is InChI=1S/C15H25N3O2/c1-3-4-5-6-7-8-11-20-15-13(14(16)18-19)12(2)9-10-17-15/h9-10,19H,3-8,11H2,1-2H3,(H2,16,18). The molecule has 1 rings (SSSR count). The van der Waals surface area contributed by atoms with Gasteiger partial charge < -0.3 is 15.7 Å². The van der Waals surface area contributed by atoms with Crippen molar-refractivity contribution in [3.05, 3.63) is 23.4 Å². The van der Waals surface area contributed by atoms with E-state index in [1.807, 2.05) is 13.0 Å². The van der Waals surface area contributed by atoms with E-state index >= 15 is 0 Å². The molecule has 112 valence electrons. The Morgan fingerprint density at radius 3 is 2.70 bits per heavy atom. The molecule has 0 fully saturated rings. The first kappa shape index (κ1) is 16.3. The first-order chi connectivity index (χ1) is 9.70. The molecule has 0 saturated heterocycles. The van der Waals surface area contributed by atoms with Crippen LogP contribution in [0.4, 0.5) is 0 Å². The molecule has 1 aromatic heterocycles. The van der Waals surface area contributed by atoms with Crippen LogP contribution in [-0.4, -0.2) is 22.6 Å². The fourth-order valence-corrected chi connectivity index (χ4v) is 2.06. The van der Waals surface area contributed by atoms with Gasteiger partial charge in [-0.2, -0.15) is 0 Å². The third-order valence-electron chi connectivity index (χ3n) is 3.23. The molecule has 0 aromatic carbocycles. The van der Waals surface area contributed by atoms with Crippen molar-refractivity contribution in [2.75, 3.05) is 6.61 Å². The van der Waals surface area contributed by atoms with E-state index in [1.165, 1.54) is 25.7 Å². The predicted octanol–water partition coefficient (Wildman–Crippen LogP) is 3.22. The number of oxime groups is 1. The topological polar surface area (TPSA) is 80.7 Å². The zero-order valence-electron chi connectivity index (χ0n) is 12.4. The van der Waals surface area contributed by atoms with Gasteiger partial charge in [0.25, 0.3) is 0 Å². The number of nitrogens with two attached hydrogens (primary N) is 1. The Morgan fingerprint density at radius 1 is 1.30 bits per heavy atom. The third kappa shape index (κ3) is 5.07. The van der Waals surface area contributed by atoms with Gasteiger partial charge in [-0.1, -0.05) is 44.2 Å². The summed E-state index contributed by atoms with van der Waals surface area (Å²) in [4.78, 5) is 4.16. The van der Waals surface area contributed by atoms with Gasteiger partial charge in [-0.25, -0.2) is 4.98 Å². The number of pyridine rings is 1. The van der Waals surface area contributed by atoms with Gasteiger partial charge in [0.2, 0.25) is 5.88 Å². The van der Waals surface area contributed by atoms with Gasteiger partial charge in [-0.15, -0.1) is 0 Å². The molecular formula is C15H25N3O2. The van der Waals surface area contributed by atoms with Crippen LogP contribution >= 0.6 is 0 Å². The average Bonchev–Trinajstić information content (AvgIpc) is 2.45. The molecule has 5 nitrogen and oxygen atoms in total. The van der Waals surface area contributed by atoms with E-state index < -0.39 is 0 Å². The monoisotopic (exact) mass is 279 g/mol. The second kappa shape index (κ2) is 9.18. The lowest BCUT2D eigenvalue weighted by atomic mass is 10.1. The second-order valence-corrected chi connectivity index (χ2v) is 4.91. The van der Waals surface area contributed by atoms with E-state index in [4.69, 9.17) is 15.7 Å². The molecule has 1 heterocycles. The Kier molecular flexibility index (Phi) is 7.47. The molecule has 0 spiro atoms. The highest BCUT2D eigenvalue weighted by atomic mass is 16.5.